The van der Waals surface area contributed by atoms with E-state index in [0.717, 1.165) is 25.1 Å². The molecule has 1 saturated heterocycles. The van der Waals surface area contributed by atoms with Gasteiger partial charge < -0.3 is 15.2 Å². The van der Waals surface area contributed by atoms with E-state index in [1.54, 1.807) is 4.68 Å². The monoisotopic (exact) mass is 239 g/mol. The lowest BCUT2D eigenvalue weighted by atomic mass is 9.94. The van der Waals surface area contributed by atoms with Gasteiger partial charge in [0.25, 0.3) is 0 Å². The summed E-state index contributed by atoms with van der Waals surface area (Å²) >= 11 is 0. The van der Waals surface area contributed by atoms with Crippen LogP contribution >= 0.6 is 0 Å². The van der Waals surface area contributed by atoms with Crippen LogP contribution in [-0.2, 0) is 17.8 Å². The number of aliphatic hydroxyl groups is 1. The second-order valence-corrected chi connectivity index (χ2v) is 4.87. The predicted octanol–water partition coefficient (Wildman–Crippen LogP) is 0.532. The Bertz CT molecular complexity index is 366. The third-order valence-electron chi connectivity index (χ3n) is 3.60. The fourth-order valence-electron chi connectivity index (χ4n) is 2.09. The molecule has 1 aliphatic heterocycles. The maximum Gasteiger partial charge on any atom is 0.0726 e. The second kappa shape index (κ2) is 5.16. The summed E-state index contributed by atoms with van der Waals surface area (Å²) in [4.78, 5) is 0. The van der Waals surface area contributed by atoms with E-state index in [4.69, 9.17) is 9.84 Å². The number of nitrogens with zero attached hydrogens (tertiary/aromatic N) is 2. The van der Waals surface area contributed by atoms with Gasteiger partial charge in [-0.1, -0.05) is 0 Å². The van der Waals surface area contributed by atoms with Crippen LogP contribution in [0.2, 0.25) is 0 Å². The summed E-state index contributed by atoms with van der Waals surface area (Å²) in [5.74, 6) is 0. The van der Waals surface area contributed by atoms with Crippen molar-refractivity contribution in [1.82, 2.24) is 15.1 Å². The Morgan fingerprint density at radius 1 is 1.71 bits per heavy atom. The molecular formula is C12H21N3O2. The van der Waals surface area contributed by atoms with Gasteiger partial charge in [-0.15, -0.1) is 0 Å². The zero-order valence-electron chi connectivity index (χ0n) is 10.5. The molecule has 17 heavy (non-hydrogen) atoms. The fraction of sp³-hybridized carbons (Fsp3) is 0.750. The average molecular weight is 239 g/mol. The molecule has 0 radical (unpaired) electrons. The summed E-state index contributed by atoms with van der Waals surface area (Å²) in [5, 5.41) is 16.5. The van der Waals surface area contributed by atoms with Gasteiger partial charge in [0.2, 0.25) is 0 Å². The highest BCUT2D eigenvalue weighted by Crippen LogP contribution is 2.25. The van der Waals surface area contributed by atoms with Crippen molar-refractivity contribution in [2.75, 3.05) is 13.2 Å². The first-order valence-corrected chi connectivity index (χ1v) is 6.13. The van der Waals surface area contributed by atoms with Crippen molar-refractivity contribution in [2.24, 2.45) is 0 Å². The molecule has 0 aromatic carbocycles. The van der Waals surface area contributed by atoms with Crippen LogP contribution in [0.4, 0.5) is 0 Å². The Morgan fingerprint density at radius 3 is 3.18 bits per heavy atom. The van der Waals surface area contributed by atoms with E-state index < -0.39 is 0 Å². The molecule has 0 aliphatic carbocycles. The molecule has 1 aromatic rings. The maximum absolute atomic E-state index is 8.81. The summed E-state index contributed by atoms with van der Waals surface area (Å²) in [6.45, 7) is 6.59. The van der Waals surface area contributed by atoms with E-state index in [-0.39, 0.29) is 18.2 Å². The van der Waals surface area contributed by atoms with E-state index in [1.807, 2.05) is 12.4 Å². The van der Waals surface area contributed by atoms with Crippen LogP contribution in [-0.4, -0.2) is 39.7 Å². The smallest absolute Gasteiger partial charge is 0.0726 e. The van der Waals surface area contributed by atoms with Gasteiger partial charge in [0, 0.05) is 30.5 Å². The van der Waals surface area contributed by atoms with Crippen molar-refractivity contribution in [3.05, 3.63) is 18.0 Å². The first-order valence-electron chi connectivity index (χ1n) is 6.13. The molecule has 2 unspecified atom stereocenters. The fourth-order valence-corrected chi connectivity index (χ4v) is 2.09. The SMILES string of the molecule is CC1OCCC1(C)NCc1cnn(CCO)c1. The molecule has 2 N–H and O–H groups in total. The van der Waals surface area contributed by atoms with Gasteiger partial charge in [0.05, 0.1) is 25.5 Å². The molecule has 0 bridgehead atoms. The molecular weight excluding hydrogens is 218 g/mol. The molecule has 1 aromatic heterocycles. The summed E-state index contributed by atoms with van der Waals surface area (Å²) in [6, 6.07) is 0. The summed E-state index contributed by atoms with van der Waals surface area (Å²) in [5.41, 5.74) is 1.19. The van der Waals surface area contributed by atoms with Gasteiger partial charge in [0.15, 0.2) is 0 Å². The Hall–Kier alpha value is -0.910. The lowest BCUT2D eigenvalue weighted by molar-refractivity contribution is 0.0881. The van der Waals surface area contributed by atoms with Gasteiger partial charge in [-0.3, -0.25) is 4.68 Å². The highest BCUT2D eigenvalue weighted by molar-refractivity contribution is 5.05. The van der Waals surface area contributed by atoms with E-state index in [1.165, 1.54) is 0 Å². The predicted molar refractivity (Wildman–Crippen MR) is 64.6 cm³/mol. The van der Waals surface area contributed by atoms with Crippen molar-refractivity contribution < 1.29 is 9.84 Å². The van der Waals surface area contributed by atoms with Crippen molar-refractivity contribution >= 4 is 0 Å². The molecule has 1 fully saturated rings. The molecule has 96 valence electrons. The summed E-state index contributed by atoms with van der Waals surface area (Å²) in [7, 11) is 0. The Labute approximate surface area is 102 Å². The van der Waals surface area contributed by atoms with E-state index >= 15 is 0 Å². The van der Waals surface area contributed by atoms with Gasteiger partial charge in [-0.25, -0.2) is 0 Å². The lowest BCUT2D eigenvalue weighted by Gasteiger charge is -2.28. The number of aliphatic hydroxyl groups excluding tert-OH is 1. The molecule has 0 saturated carbocycles. The van der Waals surface area contributed by atoms with Gasteiger partial charge >= 0.3 is 0 Å². The Morgan fingerprint density at radius 2 is 2.53 bits per heavy atom. The van der Waals surface area contributed by atoms with Crippen LogP contribution in [0.5, 0.6) is 0 Å². The third-order valence-corrected chi connectivity index (χ3v) is 3.60. The lowest BCUT2D eigenvalue weighted by Crippen LogP contribution is -2.47. The molecule has 0 spiro atoms. The highest BCUT2D eigenvalue weighted by atomic mass is 16.5. The Balaban J connectivity index is 1.88. The molecule has 2 atom stereocenters. The topological polar surface area (TPSA) is 59.3 Å². The average Bonchev–Trinajstić information content (AvgIpc) is 2.86. The third kappa shape index (κ3) is 2.86. The van der Waals surface area contributed by atoms with Crippen LogP contribution in [0.3, 0.4) is 0 Å². The highest BCUT2D eigenvalue weighted by Gasteiger charge is 2.36. The molecule has 1 aliphatic rings. The zero-order valence-corrected chi connectivity index (χ0v) is 10.5. The minimum atomic E-state index is 0.0546. The summed E-state index contributed by atoms with van der Waals surface area (Å²) < 4.78 is 7.34. The second-order valence-electron chi connectivity index (χ2n) is 4.87. The van der Waals surface area contributed by atoms with Crippen LogP contribution in [0.15, 0.2) is 12.4 Å². The number of ether oxygens (including phenoxy) is 1. The summed E-state index contributed by atoms with van der Waals surface area (Å²) in [6.07, 6.45) is 5.09. The van der Waals surface area contributed by atoms with Crippen LogP contribution in [0, 0.1) is 0 Å². The molecule has 5 nitrogen and oxygen atoms in total. The van der Waals surface area contributed by atoms with Crippen LogP contribution in [0.25, 0.3) is 0 Å². The molecule has 5 heteroatoms. The standard InChI is InChI=1S/C12H21N3O2/c1-10-12(2,3-6-17-10)13-7-11-8-14-15(9-11)4-5-16/h8-10,13,16H,3-7H2,1-2H3. The maximum atomic E-state index is 8.81. The largest absolute Gasteiger partial charge is 0.394 e. The number of aromatic nitrogens is 2. The van der Waals surface area contributed by atoms with Gasteiger partial charge in [-0.05, 0) is 20.3 Å². The minimum absolute atomic E-state index is 0.0546. The zero-order chi connectivity index (χ0) is 12.3. The number of hydrogen-bond acceptors (Lipinski definition) is 4. The van der Waals surface area contributed by atoms with Crippen LogP contribution in [0.1, 0.15) is 25.8 Å². The quantitative estimate of drug-likeness (QED) is 0.787. The van der Waals surface area contributed by atoms with Gasteiger partial charge in [0.1, 0.15) is 0 Å². The van der Waals surface area contributed by atoms with E-state index in [0.29, 0.717) is 6.54 Å². The number of nitrogens with one attached hydrogen (secondary N) is 1. The van der Waals surface area contributed by atoms with E-state index in [9.17, 15) is 0 Å². The first-order chi connectivity index (χ1) is 8.14. The van der Waals surface area contributed by atoms with Crippen molar-refractivity contribution in [1.29, 1.82) is 0 Å². The van der Waals surface area contributed by atoms with Gasteiger partial charge in [-0.2, -0.15) is 5.10 Å². The Kier molecular flexibility index (Phi) is 3.81. The number of hydrogen-bond donors (Lipinski definition) is 2. The molecule has 2 rings (SSSR count). The first kappa shape index (κ1) is 12.5. The molecule has 2 heterocycles. The van der Waals surface area contributed by atoms with Crippen molar-refractivity contribution in [3.63, 3.8) is 0 Å². The van der Waals surface area contributed by atoms with Crippen LogP contribution < -0.4 is 5.32 Å². The number of rotatable bonds is 5. The van der Waals surface area contributed by atoms with Crippen molar-refractivity contribution in [2.45, 2.75) is 45.0 Å². The minimum Gasteiger partial charge on any atom is -0.394 e. The van der Waals surface area contributed by atoms with E-state index in [2.05, 4.69) is 24.3 Å². The molecule has 0 amide bonds. The van der Waals surface area contributed by atoms with Crippen molar-refractivity contribution in [3.8, 4) is 0 Å². The normalized spacial score (nSPS) is 28.8.